The molecule has 1 aromatic heterocycles. The number of ether oxygens (including phenoxy) is 1. The first-order chi connectivity index (χ1) is 15.1. The molecule has 1 N–H and O–H groups in total. The quantitative estimate of drug-likeness (QED) is 0.380. The zero-order valence-electron chi connectivity index (χ0n) is 16.4. The summed E-state index contributed by atoms with van der Waals surface area (Å²) < 4.78 is 56.4. The van der Waals surface area contributed by atoms with Gasteiger partial charge in [0.25, 0.3) is 5.91 Å². The molecule has 3 aromatic rings. The van der Waals surface area contributed by atoms with E-state index in [0.29, 0.717) is 28.0 Å². The van der Waals surface area contributed by atoms with Crippen molar-refractivity contribution in [2.45, 2.75) is 25.5 Å². The minimum absolute atomic E-state index is 0.224. The maximum atomic E-state index is 12.9. The van der Waals surface area contributed by atoms with E-state index in [0.717, 1.165) is 5.56 Å². The van der Waals surface area contributed by atoms with Gasteiger partial charge in [-0.25, -0.2) is 8.78 Å². The molecule has 0 unspecified atom stereocenters. The number of amides is 1. The third-order valence-corrected chi connectivity index (χ3v) is 4.89. The molecule has 3 rings (SSSR count). The molecule has 2 aromatic carbocycles. The average Bonchev–Trinajstić information content (AvgIpc) is 3.17. The lowest BCUT2D eigenvalue weighted by Gasteiger charge is -2.15. The fourth-order valence-corrected chi connectivity index (χ4v) is 3.17. The van der Waals surface area contributed by atoms with Crippen molar-refractivity contribution in [2.24, 2.45) is 0 Å². The molecule has 0 bridgehead atoms. The van der Waals surface area contributed by atoms with Crippen molar-refractivity contribution in [1.82, 2.24) is 9.78 Å². The standard InChI is InChI=1S/C21H17Cl2F4N3O2/c22-16-5-4-15(17(23)9-16)10-30-7-6-18(29-30)28-19(31)14-3-1-2-13(8-14)11-32-12-21(26,27)20(24)25/h1-9,20H,10-12H2,(H,28,29,31). The van der Waals surface area contributed by atoms with Gasteiger partial charge in [0.05, 0.1) is 13.2 Å². The molecule has 32 heavy (non-hydrogen) atoms. The second kappa shape index (κ2) is 10.3. The molecule has 0 aliphatic heterocycles. The highest BCUT2D eigenvalue weighted by atomic mass is 35.5. The van der Waals surface area contributed by atoms with Crippen LogP contribution in [-0.4, -0.2) is 34.6 Å². The number of nitrogens with zero attached hydrogens (tertiary/aromatic N) is 2. The van der Waals surface area contributed by atoms with E-state index in [2.05, 4.69) is 15.2 Å². The minimum Gasteiger partial charge on any atom is -0.370 e. The van der Waals surface area contributed by atoms with E-state index < -0.39 is 24.9 Å². The number of aromatic nitrogens is 2. The Labute approximate surface area is 190 Å². The van der Waals surface area contributed by atoms with Gasteiger partial charge in [0.2, 0.25) is 0 Å². The zero-order valence-corrected chi connectivity index (χ0v) is 17.9. The summed E-state index contributed by atoms with van der Waals surface area (Å²) in [6.07, 6.45) is -2.15. The molecule has 0 radical (unpaired) electrons. The number of benzene rings is 2. The van der Waals surface area contributed by atoms with Crippen LogP contribution in [0.5, 0.6) is 0 Å². The van der Waals surface area contributed by atoms with Crippen LogP contribution in [0.2, 0.25) is 10.0 Å². The van der Waals surface area contributed by atoms with Crippen LogP contribution >= 0.6 is 23.2 Å². The Bertz CT molecular complexity index is 1090. The minimum atomic E-state index is -4.23. The summed E-state index contributed by atoms with van der Waals surface area (Å²) in [5.41, 5.74) is 1.40. The third-order valence-electron chi connectivity index (χ3n) is 4.30. The van der Waals surface area contributed by atoms with Crippen molar-refractivity contribution in [2.75, 3.05) is 11.9 Å². The van der Waals surface area contributed by atoms with Crippen molar-refractivity contribution in [3.63, 3.8) is 0 Å². The summed E-state index contributed by atoms with van der Waals surface area (Å²) in [4.78, 5) is 12.5. The molecular weight excluding hydrogens is 473 g/mol. The molecule has 11 heteroatoms. The molecular formula is C21H17Cl2F4N3O2. The number of rotatable bonds is 9. The van der Waals surface area contributed by atoms with E-state index in [1.54, 1.807) is 35.1 Å². The fourth-order valence-electron chi connectivity index (χ4n) is 2.70. The van der Waals surface area contributed by atoms with Gasteiger partial charge in [-0.1, -0.05) is 41.4 Å². The maximum Gasteiger partial charge on any atom is 0.330 e. The summed E-state index contributed by atoms with van der Waals surface area (Å²) in [7, 11) is 0. The van der Waals surface area contributed by atoms with Crippen LogP contribution < -0.4 is 5.32 Å². The molecule has 0 saturated heterocycles. The van der Waals surface area contributed by atoms with E-state index >= 15 is 0 Å². The molecule has 0 atom stereocenters. The van der Waals surface area contributed by atoms with Crippen molar-refractivity contribution < 1.29 is 27.1 Å². The van der Waals surface area contributed by atoms with E-state index in [1.807, 2.05) is 0 Å². The number of carbonyl (C=O) groups is 1. The molecule has 0 spiro atoms. The molecule has 0 fully saturated rings. The lowest BCUT2D eigenvalue weighted by molar-refractivity contribution is -0.168. The number of carbonyl (C=O) groups excluding carboxylic acids is 1. The number of hydrogen-bond acceptors (Lipinski definition) is 3. The molecule has 1 heterocycles. The Kier molecular flexibility index (Phi) is 7.76. The largest absolute Gasteiger partial charge is 0.370 e. The molecule has 170 valence electrons. The van der Waals surface area contributed by atoms with Crippen molar-refractivity contribution in [3.8, 4) is 0 Å². The Hall–Kier alpha value is -2.62. The zero-order chi connectivity index (χ0) is 23.3. The van der Waals surface area contributed by atoms with Gasteiger partial charge in [-0.3, -0.25) is 9.48 Å². The lowest BCUT2D eigenvalue weighted by Crippen LogP contribution is -2.32. The first-order valence-corrected chi connectivity index (χ1v) is 10.0. The summed E-state index contributed by atoms with van der Waals surface area (Å²) >= 11 is 12.0. The first-order valence-electron chi connectivity index (χ1n) is 9.25. The topological polar surface area (TPSA) is 56.2 Å². The van der Waals surface area contributed by atoms with Gasteiger partial charge < -0.3 is 10.1 Å². The van der Waals surface area contributed by atoms with Crippen molar-refractivity contribution in [3.05, 3.63) is 81.5 Å². The SMILES string of the molecule is O=C(Nc1ccn(Cc2ccc(Cl)cc2Cl)n1)c1cccc(COCC(F)(F)C(F)F)c1. The highest BCUT2D eigenvalue weighted by Gasteiger charge is 2.40. The maximum absolute atomic E-state index is 12.9. The Morgan fingerprint density at radius 1 is 1.16 bits per heavy atom. The van der Waals surface area contributed by atoms with Gasteiger partial charge in [0.15, 0.2) is 5.82 Å². The normalized spacial score (nSPS) is 11.7. The highest BCUT2D eigenvalue weighted by Crippen LogP contribution is 2.24. The Balaban J connectivity index is 1.58. The van der Waals surface area contributed by atoms with E-state index in [-0.39, 0.29) is 12.2 Å². The Morgan fingerprint density at radius 3 is 2.66 bits per heavy atom. The second-order valence-electron chi connectivity index (χ2n) is 6.84. The summed E-state index contributed by atoms with van der Waals surface area (Å²) in [6.45, 7) is -1.40. The number of nitrogens with one attached hydrogen (secondary N) is 1. The van der Waals surface area contributed by atoms with E-state index in [9.17, 15) is 22.4 Å². The van der Waals surface area contributed by atoms with Crippen LogP contribution in [0.4, 0.5) is 23.4 Å². The number of hydrogen-bond donors (Lipinski definition) is 1. The summed E-state index contributed by atoms with van der Waals surface area (Å²) in [6, 6.07) is 12.7. The van der Waals surface area contributed by atoms with E-state index in [1.165, 1.54) is 24.3 Å². The molecule has 5 nitrogen and oxygen atoms in total. The van der Waals surface area contributed by atoms with Gasteiger partial charge in [0.1, 0.15) is 6.61 Å². The smallest absolute Gasteiger partial charge is 0.330 e. The monoisotopic (exact) mass is 489 g/mol. The van der Waals surface area contributed by atoms with Crippen LogP contribution in [0.15, 0.2) is 54.7 Å². The lowest BCUT2D eigenvalue weighted by atomic mass is 10.1. The highest BCUT2D eigenvalue weighted by molar-refractivity contribution is 6.35. The molecule has 0 saturated carbocycles. The predicted octanol–water partition coefficient (Wildman–Crippen LogP) is 5.91. The van der Waals surface area contributed by atoms with Crippen molar-refractivity contribution >= 4 is 34.9 Å². The third kappa shape index (κ3) is 6.44. The van der Waals surface area contributed by atoms with Crippen molar-refractivity contribution in [1.29, 1.82) is 0 Å². The van der Waals surface area contributed by atoms with Crippen LogP contribution in [0.3, 0.4) is 0 Å². The number of anilines is 1. The van der Waals surface area contributed by atoms with Gasteiger partial charge in [-0.05, 0) is 35.4 Å². The molecule has 0 aliphatic rings. The predicted molar refractivity (Wildman–Crippen MR) is 113 cm³/mol. The van der Waals surface area contributed by atoms with Crippen LogP contribution in [0.1, 0.15) is 21.5 Å². The second-order valence-corrected chi connectivity index (χ2v) is 7.69. The summed E-state index contributed by atoms with van der Waals surface area (Å²) in [5.74, 6) is -4.43. The average molecular weight is 490 g/mol. The summed E-state index contributed by atoms with van der Waals surface area (Å²) in [5, 5.41) is 7.90. The van der Waals surface area contributed by atoms with Crippen LogP contribution in [-0.2, 0) is 17.9 Å². The first kappa shape index (κ1) is 24.0. The molecule has 1 amide bonds. The van der Waals surface area contributed by atoms with Gasteiger partial charge in [-0.2, -0.15) is 13.9 Å². The van der Waals surface area contributed by atoms with Crippen LogP contribution in [0.25, 0.3) is 0 Å². The molecule has 0 aliphatic carbocycles. The fraction of sp³-hybridized carbons (Fsp3) is 0.238. The number of halogens is 6. The Morgan fingerprint density at radius 2 is 1.94 bits per heavy atom. The van der Waals surface area contributed by atoms with Gasteiger partial charge in [0, 0.05) is 27.9 Å². The van der Waals surface area contributed by atoms with E-state index in [4.69, 9.17) is 23.2 Å². The number of alkyl halides is 4. The van der Waals surface area contributed by atoms with Gasteiger partial charge >= 0.3 is 12.3 Å². The van der Waals surface area contributed by atoms with Crippen LogP contribution in [0, 0.1) is 0 Å². The van der Waals surface area contributed by atoms with Gasteiger partial charge in [-0.15, -0.1) is 0 Å².